The van der Waals surface area contributed by atoms with Crippen molar-refractivity contribution < 1.29 is 78.9 Å². The molecular formula is C62H112N2O10U. The van der Waals surface area contributed by atoms with Crippen molar-refractivity contribution in [3.8, 4) is 0 Å². The van der Waals surface area contributed by atoms with E-state index in [0.29, 0.717) is 39.0 Å². The number of likely N-dealkylation sites (tertiary alicyclic amines) is 1. The number of hydrogen-bond donors (Lipinski definition) is 1. The van der Waals surface area contributed by atoms with Crippen LogP contribution in [0.5, 0.6) is 0 Å². The van der Waals surface area contributed by atoms with Crippen LogP contribution in [0.3, 0.4) is 0 Å². The van der Waals surface area contributed by atoms with Crippen LogP contribution in [-0.2, 0) is 47.8 Å². The zero-order valence-corrected chi connectivity index (χ0v) is 53.2. The van der Waals surface area contributed by atoms with E-state index >= 15 is 0 Å². The molecule has 13 heteroatoms. The van der Waals surface area contributed by atoms with Crippen LogP contribution in [0, 0.1) is 55.8 Å². The molecule has 0 bridgehead atoms. The molecule has 1 amide bonds. The fourth-order valence-electron chi connectivity index (χ4n) is 9.67. The predicted octanol–water partition coefficient (Wildman–Crippen LogP) is 14.6. The van der Waals surface area contributed by atoms with Gasteiger partial charge >= 0.3 is 49.0 Å². The summed E-state index contributed by atoms with van der Waals surface area (Å²) in [6.07, 6.45) is 38.1. The summed E-state index contributed by atoms with van der Waals surface area (Å²) in [7, 11) is 1.87. The molecule has 434 valence electrons. The standard InChI is InChI=1S/C32H56NO5.C27H48O5.C3H8N.U/c1-4-7-9-11-13-15-17-19-29(35)21-27(22-30(36)20-18-16-14-12-10-8-5-2)23-32(37)38-31-24-28(6-3)33(25-31)26-34;1-3-5-7-9-11-13-18-31-26(29)21-23(20-25(28)24-16-15-17-24)22-27(30)32-19-14-12-10-8-6-4-2;1-3-4-2;/h27-28,31H,4-25H2,1-3H3;23-24H,3-22H2,1-2H3;4H,1,3H2,2H3;/q-1;;-1;+2. The first-order valence-electron chi connectivity index (χ1n) is 30.6. The zero-order valence-electron chi connectivity index (χ0n) is 49.0. The SMILES string of the molecule is CCCCCCCCCC(=O)CC(CC(=O)CCCCCCCCC)CC(=O)OC1CC(CC)N([C-]=O)C1.CCCCCCCCOC(=O)CC(CC(=O)OCCCCCCCC)CC(=O)C1CCC1.[CH2-]CNC.[U+2]. The van der Waals surface area contributed by atoms with Crippen LogP contribution >= 0.6 is 0 Å². The molecule has 75 heavy (non-hydrogen) atoms. The first-order valence-corrected chi connectivity index (χ1v) is 30.6. The number of unbranched alkanes of at least 4 members (excludes halogenated alkanes) is 22. The van der Waals surface area contributed by atoms with E-state index < -0.39 is 0 Å². The van der Waals surface area contributed by atoms with Crippen LogP contribution in [0.25, 0.3) is 0 Å². The first kappa shape index (κ1) is 75.0. The third-order valence-corrected chi connectivity index (χ3v) is 14.6. The molecule has 0 spiro atoms. The average molecular weight is 1280 g/mol. The molecular weight excluding hydrogens is 1170 g/mol. The Balaban J connectivity index is 0. The maximum absolute atomic E-state index is 12.8. The first-order chi connectivity index (χ1) is 35.9. The molecule has 1 N–H and O–H groups in total. The van der Waals surface area contributed by atoms with Gasteiger partial charge in [-0.05, 0) is 63.8 Å². The molecule has 0 aromatic rings. The minimum absolute atomic E-state index is 0. The Morgan fingerprint density at radius 1 is 0.547 bits per heavy atom. The topological polar surface area (TPSA) is 162 Å². The zero-order chi connectivity index (χ0) is 54.9. The number of Topliss-reactive ketones (excluding diaryl/α,β-unsaturated/α-hetero) is 3. The molecule has 12 nitrogen and oxygen atoms in total. The Kier molecular flexibility index (Phi) is 53.9. The minimum atomic E-state index is -0.366. The Hall–Kier alpha value is -2.10. The van der Waals surface area contributed by atoms with E-state index in [0.717, 1.165) is 96.4 Å². The summed E-state index contributed by atoms with van der Waals surface area (Å²) in [6.45, 7) is 16.3. The van der Waals surface area contributed by atoms with Gasteiger partial charge in [0.15, 0.2) is 0 Å². The molecule has 2 fully saturated rings. The van der Waals surface area contributed by atoms with Crippen LogP contribution in [0.15, 0.2) is 0 Å². The van der Waals surface area contributed by atoms with Crippen LogP contribution in [0.4, 0.5) is 0 Å². The van der Waals surface area contributed by atoms with Crippen molar-refractivity contribution in [3.05, 3.63) is 6.92 Å². The molecule has 1 heterocycles. The summed E-state index contributed by atoms with van der Waals surface area (Å²) in [5, 5.41) is 2.82. The van der Waals surface area contributed by atoms with Crippen LogP contribution in [0.2, 0.25) is 0 Å². The van der Waals surface area contributed by atoms with Crippen molar-refractivity contribution in [1.29, 1.82) is 0 Å². The molecule has 0 aromatic heterocycles. The molecule has 2 aliphatic rings. The van der Waals surface area contributed by atoms with E-state index in [1.54, 1.807) is 4.90 Å². The van der Waals surface area contributed by atoms with Gasteiger partial charge in [-0.3, -0.25) is 28.8 Å². The van der Waals surface area contributed by atoms with E-state index in [-0.39, 0.29) is 135 Å². The Bertz CT molecular complexity index is 1360. The molecule has 2 rings (SSSR count). The fourth-order valence-corrected chi connectivity index (χ4v) is 9.67. The third-order valence-electron chi connectivity index (χ3n) is 14.6. The van der Waals surface area contributed by atoms with Crippen molar-refractivity contribution in [2.45, 2.75) is 297 Å². The van der Waals surface area contributed by atoms with Gasteiger partial charge in [-0.2, -0.15) is 6.41 Å². The molecule has 2 unspecified atom stereocenters. The molecule has 0 aromatic carbocycles. The smallest absolute Gasteiger partial charge is 0.520 e. The van der Waals surface area contributed by atoms with E-state index in [1.807, 2.05) is 20.4 Å². The number of carbonyl (C=O) groups excluding carboxylic acids is 7. The van der Waals surface area contributed by atoms with Crippen molar-refractivity contribution in [3.63, 3.8) is 0 Å². The van der Waals surface area contributed by atoms with Gasteiger partial charge in [0.05, 0.1) is 13.2 Å². The number of hydrogen-bond acceptors (Lipinski definition) is 11. The monoisotopic (exact) mass is 1280 g/mol. The van der Waals surface area contributed by atoms with Gasteiger partial charge in [0.1, 0.15) is 23.5 Å². The maximum Gasteiger partial charge on any atom is 2.00 e. The number of nitrogens with one attached hydrogen (secondary N) is 1. The number of amides is 1. The summed E-state index contributed by atoms with van der Waals surface area (Å²) in [4.78, 5) is 88.0. The maximum atomic E-state index is 12.8. The Morgan fingerprint density at radius 2 is 0.920 bits per heavy atom. The number of ketones is 3. The normalized spacial score (nSPS) is 15.0. The summed E-state index contributed by atoms with van der Waals surface area (Å²) < 4.78 is 16.4. The summed E-state index contributed by atoms with van der Waals surface area (Å²) in [5.74, 6) is -0.963. The Morgan fingerprint density at radius 3 is 1.27 bits per heavy atom. The Labute approximate surface area is 483 Å². The van der Waals surface area contributed by atoms with Gasteiger partial charge in [-0.1, -0.05) is 182 Å². The fraction of sp³-hybridized carbons (Fsp3) is 0.871. The number of nitrogens with zero attached hydrogens (tertiary/aromatic N) is 1. The van der Waals surface area contributed by atoms with Gasteiger partial charge in [0.2, 0.25) is 0 Å². The molecule has 0 radical (unpaired) electrons. The predicted molar refractivity (Wildman–Crippen MR) is 301 cm³/mol. The van der Waals surface area contributed by atoms with Crippen LogP contribution in [-0.4, -0.2) is 92.1 Å². The minimum Gasteiger partial charge on any atom is -0.520 e. The van der Waals surface area contributed by atoms with Gasteiger partial charge in [-0.15, -0.1) is 6.54 Å². The average Bonchev–Trinajstić information content (AvgIpc) is 3.76. The molecule has 1 saturated carbocycles. The van der Waals surface area contributed by atoms with Crippen molar-refractivity contribution in [2.24, 2.45) is 17.8 Å². The molecule has 1 aliphatic carbocycles. The number of esters is 3. The van der Waals surface area contributed by atoms with Gasteiger partial charge in [-0.25, -0.2) is 0 Å². The second kappa shape index (κ2) is 53.9. The summed E-state index contributed by atoms with van der Waals surface area (Å²) >= 11 is 0. The van der Waals surface area contributed by atoms with E-state index in [1.165, 1.54) is 103 Å². The van der Waals surface area contributed by atoms with Gasteiger partial charge in [0.25, 0.3) is 0 Å². The second-order valence-corrected chi connectivity index (χ2v) is 21.6. The van der Waals surface area contributed by atoms with Crippen molar-refractivity contribution >= 4 is 41.7 Å². The number of carbonyl (C=O) groups is 6. The van der Waals surface area contributed by atoms with E-state index in [4.69, 9.17) is 14.2 Å². The van der Waals surface area contributed by atoms with Crippen molar-refractivity contribution in [2.75, 3.05) is 33.4 Å². The number of ether oxygens (including phenoxy) is 3. The largest absolute Gasteiger partial charge is 2.00 e. The number of rotatable bonds is 47. The quantitative estimate of drug-likeness (QED) is 0.0267. The van der Waals surface area contributed by atoms with Crippen LogP contribution in [0.1, 0.15) is 285 Å². The summed E-state index contributed by atoms with van der Waals surface area (Å²) in [6, 6.07) is 0.0493. The van der Waals surface area contributed by atoms with E-state index in [2.05, 4.69) is 39.9 Å². The molecule has 1 aliphatic heterocycles. The van der Waals surface area contributed by atoms with Gasteiger partial charge < -0.3 is 36.1 Å². The van der Waals surface area contributed by atoms with Crippen molar-refractivity contribution in [1.82, 2.24) is 10.2 Å². The van der Waals surface area contributed by atoms with Gasteiger partial charge in [0, 0.05) is 76.3 Å². The third kappa shape index (κ3) is 44.5. The molecule has 1 saturated heterocycles. The molecule has 2 atom stereocenters. The van der Waals surface area contributed by atoms with Crippen LogP contribution < -0.4 is 5.32 Å². The summed E-state index contributed by atoms with van der Waals surface area (Å²) in [5.41, 5.74) is 0. The second-order valence-electron chi connectivity index (χ2n) is 21.6. The van der Waals surface area contributed by atoms with E-state index in [9.17, 15) is 33.6 Å².